The molecule has 1 aliphatic heterocycles. The molecule has 1 saturated heterocycles. The number of piperazine rings is 1. The number of ketones is 1. The van der Waals surface area contributed by atoms with E-state index >= 15 is 0 Å². The summed E-state index contributed by atoms with van der Waals surface area (Å²) in [5.74, 6) is -0.893. The van der Waals surface area contributed by atoms with Crippen molar-refractivity contribution < 1.29 is 19.5 Å². The molecule has 9 heteroatoms. The fraction of sp³-hybridized carbons (Fsp3) is 0.324. The topological polar surface area (TPSA) is 137 Å². The number of hydrogen-bond donors (Lipinski definition) is 5. The fourth-order valence-electron chi connectivity index (χ4n) is 5.10. The summed E-state index contributed by atoms with van der Waals surface area (Å²) >= 11 is 0. The molecule has 4 rings (SSSR count). The molecule has 0 saturated carbocycles. The third-order valence-corrected chi connectivity index (χ3v) is 7.56. The number of Topliss-reactive ketones (excluding diaryl/α,β-unsaturated/α-hetero) is 1. The summed E-state index contributed by atoms with van der Waals surface area (Å²) in [5, 5.41) is 18.4. The van der Waals surface area contributed by atoms with Crippen molar-refractivity contribution in [1.29, 1.82) is 0 Å². The highest BCUT2D eigenvalue weighted by molar-refractivity contribution is 5.95. The van der Waals surface area contributed by atoms with Crippen LogP contribution in [0.25, 0.3) is 6.08 Å². The molecule has 0 radical (unpaired) electrons. The molecule has 1 fully saturated rings. The third kappa shape index (κ3) is 9.61. The summed E-state index contributed by atoms with van der Waals surface area (Å²) in [4.78, 5) is 42.2. The Morgan fingerprint density at radius 1 is 0.930 bits per heavy atom. The predicted octanol–water partition coefficient (Wildman–Crippen LogP) is 2.05. The molecule has 4 atom stereocenters. The molecule has 3 aromatic rings. The predicted molar refractivity (Wildman–Crippen MR) is 168 cm³/mol. The molecule has 1 heterocycles. The Morgan fingerprint density at radius 2 is 1.58 bits per heavy atom. The van der Waals surface area contributed by atoms with Crippen LogP contribution in [0.3, 0.4) is 0 Å². The maximum Gasteiger partial charge on any atom is 0.242 e. The van der Waals surface area contributed by atoms with Crippen LogP contribution in [0.2, 0.25) is 0 Å². The Hall–Kier alpha value is -4.31. The van der Waals surface area contributed by atoms with Gasteiger partial charge in [0.1, 0.15) is 11.8 Å². The van der Waals surface area contributed by atoms with Gasteiger partial charge in [-0.3, -0.25) is 19.3 Å². The van der Waals surface area contributed by atoms with E-state index < -0.39 is 36.0 Å². The van der Waals surface area contributed by atoms with Crippen LogP contribution in [0.5, 0.6) is 5.75 Å². The molecule has 1 aliphatic rings. The number of phenols is 1. The van der Waals surface area contributed by atoms with Gasteiger partial charge in [0.25, 0.3) is 0 Å². The van der Waals surface area contributed by atoms with Crippen molar-refractivity contribution in [2.45, 2.75) is 43.9 Å². The van der Waals surface area contributed by atoms with Gasteiger partial charge in [0, 0.05) is 26.2 Å². The number of phenolic OH excluding ortho intramolecular Hbond substituents is 1. The molecule has 226 valence electrons. The van der Waals surface area contributed by atoms with E-state index in [9.17, 15) is 19.5 Å². The number of nitrogens with one attached hydrogen (secondary N) is 3. The molecule has 9 nitrogen and oxygen atoms in total. The maximum atomic E-state index is 14.0. The van der Waals surface area contributed by atoms with Crippen LogP contribution in [0, 0.1) is 0 Å². The summed E-state index contributed by atoms with van der Waals surface area (Å²) in [6, 6.07) is 23.0. The van der Waals surface area contributed by atoms with E-state index in [0.29, 0.717) is 26.1 Å². The van der Waals surface area contributed by atoms with Crippen molar-refractivity contribution in [2.75, 3.05) is 26.2 Å². The van der Waals surface area contributed by atoms with Crippen LogP contribution >= 0.6 is 0 Å². The monoisotopic (exact) mass is 583 g/mol. The fourth-order valence-corrected chi connectivity index (χ4v) is 5.10. The van der Waals surface area contributed by atoms with E-state index in [1.165, 1.54) is 12.1 Å². The zero-order chi connectivity index (χ0) is 30.6. The van der Waals surface area contributed by atoms with Crippen molar-refractivity contribution in [2.24, 2.45) is 5.73 Å². The highest BCUT2D eigenvalue weighted by atomic mass is 16.3. The van der Waals surface area contributed by atoms with E-state index in [1.807, 2.05) is 66.7 Å². The minimum atomic E-state index is -0.904. The van der Waals surface area contributed by atoms with Crippen LogP contribution in [0.15, 0.2) is 91.0 Å². The van der Waals surface area contributed by atoms with E-state index in [-0.39, 0.29) is 18.0 Å². The molecule has 0 bridgehead atoms. The number of carbonyl (C=O) groups is 3. The molecule has 0 spiro atoms. The second kappa shape index (κ2) is 15.8. The number of rotatable bonds is 13. The summed E-state index contributed by atoms with van der Waals surface area (Å²) in [7, 11) is 0. The zero-order valence-corrected chi connectivity index (χ0v) is 24.5. The summed E-state index contributed by atoms with van der Waals surface area (Å²) in [6.45, 7) is 4.13. The maximum absolute atomic E-state index is 14.0. The SMILES string of the molecule is C[C@@H](NC(=O)[C@@H](N)Cc1ccc(O)cc1)C(=O)N[C@@H](Cc1ccccc1)C(=O)C1CNCCN1CC=Cc1ccccc1. The van der Waals surface area contributed by atoms with E-state index in [0.717, 1.165) is 23.2 Å². The van der Waals surface area contributed by atoms with E-state index in [2.05, 4.69) is 26.9 Å². The molecule has 43 heavy (non-hydrogen) atoms. The lowest BCUT2D eigenvalue weighted by molar-refractivity contribution is -0.133. The number of amides is 2. The largest absolute Gasteiger partial charge is 0.508 e. The Morgan fingerprint density at radius 3 is 2.28 bits per heavy atom. The lowest BCUT2D eigenvalue weighted by atomic mass is 9.95. The van der Waals surface area contributed by atoms with Crippen molar-refractivity contribution in [3.63, 3.8) is 0 Å². The van der Waals surface area contributed by atoms with Gasteiger partial charge in [-0.15, -0.1) is 0 Å². The third-order valence-electron chi connectivity index (χ3n) is 7.56. The smallest absolute Gasteiger partial charge is 0.242 e. The minimum absolute atomic E-state index is 0.0833. The molecule has 3 aromatic carbocycles. The van der Waals surface area contributed by atoms with Crippen molar-refractivity contribution in [3.05, 3.63) is 108 Å². The number of aromatic hydroxyl groups is 1. The Kier molecular flexibility index (Phi) is 11.6. The van der Waals surface area contributed by atoms with Crippen molar-refractivity contribution in [3.8, 4) is 5.75 Å². The summed E-state index contributed by atoms with van der Waals surface area (Å²) < 4.78 is 0. The lowest BCUT2D eigenvalue weighted by Gasteiger charge is -2.36. The first-order valence-electron chi connectivity index (χ1n) is 14.7. The van der Waals surface area contributed by atoms with Gasteiger partial charge in [0.2, 0.25) is 11.8 Å². The van der Waals surface area contributed by atoms with Gasteiger partial charge in [-0.2, -0.15) is 0 Å². The molecule has 2 amide bonds. The molecule has 0 aromatic heterocycles. The summed E-state index contributed by atoms with van der Waals surface area (Å²) in [5.41, 5.74) is 8.90. The Labute approximate surface area is 253 Å². The van der Waals surface area contributed by atoms with Gasteiger partial charge >= 0.3 is 0 Å². The number of carbonyl (C=O) groups excluding carboxylic acids is 3. The van der Waals surface area contributed by atoms with Crippen LogP contribution in [0.4, 0.5) is 0 Å². The highest BCUT2D eigenvalue weighted by Gasteiger charge is 2.34. The Balaban J connectivity index is 1.41. The summed E-state index contributed by atoms with van der Waals surface area (Å²) in [6.07, 6.45) is 4.68. The number of nitrogens with two attached hydrogens (primary N) is 1. The van der Waals surface area contributed by atoms with Gasteiger partial charge in [-0.1, -0.05) is 84.9 Å². The first kappa shape index (κ1) is 31.6. The second-order valence-corrected chi connectivity index (χ2v) is 10.9. The molecule has 0 aliphatic carbocycles. The number of hydrogen-bond acceptors (Lipinski definition) is 7. The Bertz CT molecular complexity index is 1360. The van der Waals surface area contributed by atoms with Gasteiger partial charge in [-0.05, 0) is 48.6 Å². The highest BCUT2D eigenvalue weighted by Crippen LogP contribution is 2.13. The lowest BCUT2D eigenvalue weighted by Crippen LogP contribution is -2.61. The number of nitrogens with zero attached hydrogens (tertiary/aromatic N) is 1. The van der Waals surface area contributed by atoms with Crippen LogP contribution in [-0.2, 0) is 27.2 Å². The second-order valence-electron chi connectivity index (χ2n) is 10.9. The molecular weight excluding hydrogens is 542 g/mol. The average Bonchev–Trinajstić information content (AvgIpc) is 3.02. The van der Waals surface area contributed by atoms with Crippen molar-refractivity contribution in [1.82, 2.24) is 20.9 Å². The quantitative estimate of drug-likeness (QED) is 0.208. The van der Waals surface area contributed by atoms with Gasteiger partial charge < -0.3 is 26.8 Å². The molecule has 6 N–H and O–H groups in total. The first-order valence-corrected chi connectivity index (χ1v) is 14.7. The van der Waals surface area contributed by atoms with Gasteiger partial charge in [0.05, 0.1) is 18.1 Å². The average molecular weight is 584 g/mol. The van der Waals surface area contributed by atoms with Gasteiger partial charge in [-0.25, -0.2) is 0 Å². The number of benzene rings is 3. The van der Waals surface area contributed by atoms with Crippen LogP contribution < -0.4 is 21.7 Å². The first-order chi connectivity index (χ1) is 20.8. The van der Waals surface area contributed by atoms with E-state index in [1.54, 1.807) is 19.1 Å². The molecular formula is C34H41N5O4. The van der Waals surface area contributed by atoms with Crippen molar-refractivity contribution >= 4 is 23.7 Å². The zero-order valence-electron chi connectivity index (χ0n) is 24.5. The minimum Gasteiger partial charge on any atom is -0.508 e. The standard InChI is InChI=1S/C34H41N5O4/c1-24(37-34(43)29(35)21-27-14-16-28(40)17-15-27)33(42)38-30(22-26-11-6-3-7-12-26)32(41)31-23-36-18-20-39(31)19-8-13-25-9-4-2-5-10-25/h2-17,24,29-31,36,40H,18-23,35H2,1H3,(H,37,43)(H,38,42)/t24-,29+,30+,31?/m1/s1. The normalized spacial score (nSPS) is 17.6. The van der Waals surface area contributed by atoms with Crippen LogP contribution in [0.1, 0.15) is 23.6 Å². The molecule has 1 unspecified atom stereocenters. The van der Waals surface area contributed by atoms with Crippen LogP contribution in [-0.4, -0.2) is 78.0 Å². The van der Waals surface area contributed by atoms with E-state index in [4.69, 9.17) is 5.73 Å². The van der Waals surface area contributed by atoms with Gasteiger partial charge in [0.15, 0.2) is 5.78 Å².